The normalized spacial score (nSPS) is 27.0. The van der Waals surface area contributed by atoms with Gasteiger partial charge in [-0.05, 0) is 42.5 Å². The number of hydrogen-bond donors (Lipinski definition) is 1. The first-order chi connectivity index (χ1) is 6.15. The van der Waals surface area contributed by atoms with E-state index in [4.69, 9.17) is 28.9 Å². The van der Waals surface area contributed by atoms with Crippen LogP contribution in [-0.4, -0.2) is 6.04 Å². The van der Waals surface area contributed by atoms with Crippen molar-refractivity contribution < 1.29 is 0 Å². The van der Waals surface area contributed by atoms with Crippen LogP contribution in [-0.2, 0) is 0 Å². The maximum Gasteiger partial charge on any atom is 0.0423 e. The fraction of sp³-hybridized carbons (Fsp3) is 0.400. The molecular weight excluding hydrogens is 205 g/mol. The van der Waals surface area contributed by atoms with E-state index in [0.717, 1.165) is 12.8 Å². The minimum atomic E-state index is 0.364. The lowest BCUT2D eigenvalue weighted by Crippen LogP contribution is -2.34. The minimum absolute atomic E-state index is 0.364. The molecule has 0 aromatic heterocycles. The molecule has 13 heavy (non-hydrogen) atoms. The van der Waals surface area contributed by atoms with Crippen molar-refractivity contribution in [3.63, 3.8) is 0 Å². The number of rotatable bonds is 1. The lowest BCUT2D eigenvalue weighted by atomic mass is 9.76. The van der Waals surface area contributed by atoms with Gasteiger partial charge in [0.05, 0.1) is 0 Å². The summed E-state index contributed by atoms with van der Waals surface area (Å²) in [6.07, 6.45) is 2.10. The van der Waals surface area contributed by atoms with E-state index < -0.39 is 0 Å². The minimum Gasteiger partial charge on any atom is -0.328 e. The van der Waals surface area contributed by atoms with Crippen molar-refractivity contribution in [1.29, 1.82) is 0 Å². The van der Waals surface area contributed by atoms with Gasteiger partial charge in [0.1, 0.15) is 0 Å². The third-order valence-corrected chi connectivity index (χ3v) is 2.97. The summed E-state index contributed by atoms with van der Waals surface area (Å²) >= 11 is 11.8. The van der Waals surface area contributed by atoms with Crippen molar-refractivity contribution in [2.75, 3.05) is 0 Å². The molecule has 0 aliphatic heterocycles. The molecule has 0 unspecified atom stereocenters. The van der Waals surface area contributed by atoms with Crippen LogP contribution in [0.3, 0.4) is 0 Å². The quantitative estimate of drug-likeness (QED) is 0.766. The first-order valence-corrected chi connectivity index (χ1v) is 5.12. The maximum atomic E-state index is 5.90. The van der Waals surface area contributed by atoms with Gasteiger partial charge in [-0.25, -0.2) is 0 Å². The zero-order valence-corrected chi connectivity index (χ0v) is 8.65. The fourth-order valence-corrected chi connectivity index (χ4v) is 2.29. The van der Waals surface area contributed by atoms with Crippen LogP contribution in [0.5, 0.6) is 0 Å². The highest BCUT2D eigenvalue weighted by Crippen LogP contribution is 2.37. The Balaban J connectivity index is 2.21. The summed E-state index contributed by atoms with van der Waals surface area (Å²) < 4.78 is 0. The van der Waals surface area contributed by atoms with Crippen LogP contribution in [0.4, 0.5) is 0 Å². The first kappa shape index (κ1) is 9.32. The molecule has 1 aliphatic carbocycles. The predicted octanol–water partition coefficient (Wildman–Crippen LogP) is 3.20. The number of hydrogen-bond acceptors (Lipinski definition) is 1. The molecule has 1 aliphatic rings. The Hall–Kier alpha value is -0.240. The van der Waals surface area contributed by atoms with Gasteiger partial charge < -0.3 is 5.73 Å². The number of benzene rings is 1. The van der Waals surface area contributed by atoms with Crippen molar-refractivity contribution >= 4 is 23.2 Å². The zero-order valence-electron chi connectivity index (χ0n) is 7.13. The molecule has 0 bridgehead atoms. The van der Waals surface area contributed by atoms with Crippen LogP contribution in [0, 0.1) is 0 Å². The Morgan fingerprint density at radius 2 is 1.62 bits per heavy atom. The molecule has 1 aromatic rings. The topological polar surface area (TPSA) is 26.0 Å². The van der Waals surface area contributed by atoms with Gasteiger partial charge in [0.2, 0.25) is 0 Å². The van der Waals surface area contributed by atoms with Gasteiger partial charge in [-0.3, -0.25) is 0 Å². The Morgan fingerprint density at radius 3 is 2.08 bits per heavy atom. The van der Waals surface area contributed by atoms with E-state index in [-0.39, 0.29) is 0 Å². The summed E-state index contributed by atoms with van der Waals surface area (Å²) in [7, 11) is 0. The highest BCUT2D eigenvalue weighted by atomic mass is 35.5. The summed E-state index contributed by atoms with van der Waals surface area (Å²) in [5.74, 6) is 0.561. The molecule has 0 radical (unpaired) electrons. The fourth-order valence-electron chi connectivity index (χ4n) is 1.74. The molecule has 1 fully saturated rings. The molecule has 0 heterocycles. The number of nitrogens with two attached hydrogens (primary N) is 1. The van der Waals surface area contributed by atoms with Crippen LogP contribution in [0.25, 0.3) is 0 Å². The molecule has 0 atom stereocenters. The monoisotopic (exact) mass is 215 g/mol. The van der Waals surface area contributed by atoms with Crippen LogP contribution in [0.2, 0.25) is 10.0 Å². The summed E-state index contributed by atoms with van der Waals surface area (Å²) in [6, 6.07) is 6.07. The lowest BCUT2D eigenvalue weighted by molar-refractivity contribution is 0.351. The van der Waals surface area contributed by atoms with Gasteiger partial charge in [0.15, 0.2) is 0 Å². The van der Waals surface area contributed by atoms with E-state index in [2.05, 4.69) is 0 Å². The summed E-state index contributed by atoms with van der Waals surface area (Å²) in [6.45, 7) is 0. The van der Waals surface area contributed by atoms with E-state index in [9.17, 15) is 0 Å². The second kappa shape index (κ2) is 3.49. The molecule has 0 amide bonds. The van der Waals surface area contributed by atoms with E-state index in [1.807, 2.05) is 12.1 Å². The van der Waals surface area contributed by atoms with Crippen LogP contribution < -0.4 is 5.73 Å². The second-order valence-electron chi connectivity index (χ2n) is 3.63. The Bertz CT molecular complexity index is 298. The Labute approximate surface area is 87.8 Å². The smallest absolute Gasteiger partial charge is 0.0423 e. The maximum absolute atomic E-state index is 5.90. The van der Waals surface area contributed by atoms with E-state index in [0.29, 0.717) is 22.0 Å². The van der Waals surface area contributed by atoms with Gasteiger partial charge >= 0.3 is 0 Å². The van der Waals surface area contributed by atoms with Gasteiger partial charge in [-0.2, -0.15) is 0 Å². The van der Waals surface area contributed by atoms with E-state index in [1.54, 1.807) is 6.07 Å². The summed E-state index contributed by atoms with van der Waals surface area (Å²) in [4.78, 5) is 0. The summed E-state index contributed by atoms with van der Waals surface area (Å²) in [5, 5.41) is 1.42. The second-order valence-corrected chi connectivity index (χ2v) is 4.50. The van der Waals surface area contributed by atoms with Crippen molar-refractivity contribution in [2.45, 2.75) is 24.8 Å². The molecule has 0 saturated heterocycles. The first-order valence-electron chi connectivity index (χ1n) is 4.37. The standard InChI is InChI=1S/C10H11Cl2N/c11-8-1-6(2-9(12)5-8)7-3-10(13)4-7/h1-2,5,7,10H,3-4,13H2. The van der Waals surface area contributed by atoms with Gasteiger partial charge in [-0.15, -0.1) is 0 Å². The average Bonchev–Trinajstić information content (AvgIpc) is 1.96. The third kappa shape index (κ3) is 1.98. The molecule has 2 N–H and O–H groups in total. The molecule has 70 valence electrons. The molecule has 1 saturated carbocycles. The lowest BCUT2D eigenvalue weighted by Gasteiger charge is -2.32. The number of halogens is 2. The Morgan fingerprint density at radius 1 is 1.08 bits per heavy atom. The van der Waals surface area contributed by atoms with Crippen molar-refractivity contribution in [1.82, 2.24) is 0 Å². The highest BCUT2D eigenvalue weighted by Gasteiger charge is 2.27. The highest BCUT2D eigenvalue weighted by molar-refractivity contribution is 6.34. The molecule has 0 spiro atoms. The van der Waals surface area contributed by atoms with Gasteiger partial charge in [-0.1, -0.05) is 23.2 Å². The molecule has 3 heteroatoms. The van der Waals surface area contributed by atoms with E-state index in [1.165, 1.54) is 5.56 Å². The molecule has 1 nitrogen and oxygen atoms in total. The molecular formula is C10H11Cl2N. The van der Waals surface area contributed by atoms with Gasteiger partial charge in [0.25, 0.3) is 0 Å². The zero-order chi connectivity index (χ0) is 9.42. The van der Waals surface area contributed by atoms with E-state index >= 15 is 0 Å². The van der Waals surface area contributed by atoms with Crippen molar-refractivity contribution in [3.8, 4) is 0 Å². The van der Waals surface area contributed by atoms with Crippen LogP contribution >= 0.6 is 23.2 Å². The average molecular weight is 216 g/mol. The predicted molar refractivity (Wildman–Crippen MR) is 56.4 cm³/mol. The SMILES string of the molecule is NC1CC(c2cc(Cl)cc(Cl)c2)C1. The summed E-state index contributed by atoms with van der Waals surface area (Å²) in [5.41, 5.74) is 6.94. The van der Waals surface area contributed by atoms with Crippen molar-refractivity contribution in [3.05, 3.63) is 33.8 Å². The largest absolute Gasteiger partial charge is 0.328 e. The van der Waals surface area contributed by atoms with Gasteiger partial charge in [0, 0.05) is 16.1 Å². The van der Waals surface area contributed by atoms with Crippen LogP contribution in [0.1, 0.15) is 24.3 Å². The molecule has 2 rings (SSSR count). The third-order valence-electron chi connectivity index (χ3n) is 2.53. The Kier molecular flexibility index (Phi) is 2.50. The molecule has 1 aromatic carbocycles. The van der Waals surface area contributed by atoms with Crippen molar-refractivity contribution in [2.24, 2.45) is 5.73 Å². The van der Waals surface area contributed by atoms with Crippen LogP contribution in [0.15, 0.2) is 18.2 Å².